The van der Waals surface area contributed by atoms with Crippen molar-refractivity contribution in [2.75, 3.05) is 26.2 Å². The lowest BCUT2D eigenvalue weighted by molar-refractivity contribution is -0.149. The van der Waals surface area contributed by atoms with Gasteiger partial charge in [0.1, 0.15) is 0 Å². The van der Waals surface area contributed by atoms with Crippen molar-refractivity contribution in [1.82, 2.24) is 10.2 Å². The first-order valence-corrected chi connectivity index (χ1v) is 8.66. The van der Waals surface area contributed by atoms with Crippen molar-refractivity contribution in [3.8, 4) is 0 Å². The van der Waals surface area contributed by atoms with E-state index in [1.165, 1.54) is 10.4 Å². The van der Waals surface area contributed by atoms with E-state index in [2.05, 4.69) is 23.2 Å². The van der Waals surface area contributed by atoms with Crippen molar-refractivity contribution in [2.45, 2.75) is 33.2 Å². The summed E-state index contributed by atoms with van der Waals surface area (Å²) in [5.41, 5.74) is 1.22. The smallest absolute Gasteiger partial charge is 0.309 e. The zero-order valence-electron chi connectivity index (χ0n) is 13.3. The molecule has 1 aromatic heterocycles. The van der Waals surface area contributed by atoms with E-state index >= 15 is 0 Å². The number of esters is 1. The molecule has 1 aliphatic heterocycles. The number of rotatable bonds is 6. The number of thiophene rings is 1. The number of carbonyl (C=O) groups excluding carboxylic acids is 2. The zero-order valence-corrected chi connectivity index (χ0v) is 14.1. The van der Waals surface area contributed by atoms with E-state index in [9.17, 15) is 9.59 Å². The number of carbonyl (C=O) groups is 2. The van der Waals surface area contributed by atoms with E-state index in [-0.39, 0.29) is 17.8 Å². The number of nitrogens with one attached hydrogen (secondary N) is 1. The van der Waals surface area contributed by atoms with Crippen molar-refractivity contribution < 1.29 is 14.3 Å². The van der Waals surface area contributed by atoms with Crippen LogP contribution in [0.5, 0.6) is 0 Å². The van der Waals surface area contributed by atoms with Crippen LogP contribution < -0.4 is 5.32 Å². The Labute approximate surface area is 135 Å². The van der Waals surface area contributed by atoms with E-state index in [4.69, 9.17) is 4.74 Å². The van der Waals surface area contributed by atoms with Crippen LogP contribution in [-0.2, 0) is 20.9 Å². The van der Waals surface area contributed by atoms with Gasteiger partial charge in [0.15, 0.2) is 0 Å². The molecule has 1 aromatic rings. The van der Waals surface area contributed by atoms with Crippen molar-refractivity contribution in [3.05, 3.63) is 21.9 Å². The predicted octanol–water partition coefficient (Wildman–Crippen LogP) is 1.95. The van der Waals surface area contributed by atoms with Gasteiger partial charge in [0.2, 0.25) is 5.91 Å². The Hall–Kier alpha value is -1.40. The Kier molecular flexibility index (Phi) is 6.39. The molecule has 0 spiro atoms. The molecule has 1 saturated heterocycles. The molecule has 1 aliphatic rings. The van der Waals surface area contributed by atoms with E-state index in [1.807, 2.05) is 12.3 Å². The Morgan fingerprint density at radius 3 is 2.73 bits per heavy atom. The van der Waals surface area contributed by atoms with Crippen molar-refractivity contribution in [1.29, 1.82) is 0 Å². The summed E-state index contributed by atoms with van der Waals surface area (Å²) in [5.74, 6) is -0.0600. The molecule has 0 aliphatic carbocycles. The number of piperidine rings is 1. The van der Waals surface area contributed by atoms with Crippen molar-refractivity contribution in [2.24, 2.45) is 5.92 Å². The van der Waals surface area contributed by atoms with Gasteiger partial charge in [0, 0.05) is 4.88 Å². The zero-order chi connectivity index (χ0) is 15.9. The van der Waals surface area contributed by atoms with Crippen LogP contribution in [0.3, 0.4) is 0 Å². The maximum atomic E-state index is 12.0. The second-order valence-corrected chi connectivity index (χ2v) is 6.61. The normalized spacial score (nSPS) is 16.5. The quantitative estimate of drug-likeness (QED) is 0.813. The monoisotopic (exact) mass is 324 g/mol. The molecule has 122 valence electrons. The SMILES string of the molecule is CCOC(=O)C1CCN(CC(=O)NCc2sccc2C)CC1. The summed E-state index contributed by atoms with van der Waals surface area (Å²) in [5, 5.41) is 5.00. The molecule has 0 radical (unpaired) electrons. The standard InChI is InChI=1S/C16H24N2O3S/c1-3-21-16(20)13-4-7-18(8-5-13)11-15(19)17-10-14-12(2)6-9-22-14/h6,9,13H,3-5,7-8,10-11H2,1-2H3,(H,17,19). The molecule has 0 aromatic carbocycles. The van der Waals surface area contributed by atoms with E-state index in [1.54, 1.807) is 11.3 Å². The van der Waals surface area contributed by atoms with E-state index < -0.39 is 0 Å². The van der Waals surface area contributed by atoms with Crippen molar-refractivity contribution >= 4 is 23.2 Å². The maximum Gasteiger partial charge on any atom is 0.309 e. The van der Waals surface area contributed by atoms with Crippen LogP contribution in [0.4, 0.5) is 0 Å². The molecule has 0 atom stereocenters. The van der Waals surface area contributed by atoms with Crippen LogP contribution in [-0.4, -0.2) is 43.0 Å². The summed E-state index contributed by atoms with van der Waals surface area (Å²) in [7, 11) is 0. The van der Waals surface area contributed by atoms with Gasteiger partial charge in [0.05, 0.1) is 25.6 Å². The molecule has 2 rings (SSSR count). The van der Waals surface area contributed by atoms with Crippen LogP contribution in [0, 0.1) is 12.8 Å². The molecular weight excluding hydrogens is 300 g/mol. The molecular formula is C16H24N2O3S. The van der Waals surface area contributed by atoms with Crippen LogP contribution in [0.1, 0.15) is 30.2 Å². The second-order valence-electron chi connectivity index (χ2n) is 5.61. The summed E-state index contributed by atoms with van der Waals surface area (Å²) in [6.45, 7) is 6.86. The lowest BCUT2D eigenvalue weighted by atomic mass is 9.97. The number of ether oxygens (including phenoxy) is 1. The van der Waals surface area contributed by atoms with Gasteiger partial charge in [-0.15, -0.1) is 11.3 Å². The number of amides is 1. The Morgan fingerprint density at radius 1 is 1.41 bits per heavy atom. The molecule has 6 heteroatoms. The number of hydrogen-bond donors (Lipinski definition) is 1. The predicted molar refractivity (Wildman–Crippen MR) is 86.7 cm³/mol. The molecule has 2 heterocycles. The summed E-state index contributed by atoms with van der Waals surface area (Å²) in [6.07, 6.45) is 1.55. The third-order valence-corrected chi connectivity index (χ3v) is 5.01. The number of aryl methyl sites for hydroxylation is 1. The van der Waals surface area contributed by atoms with Crippen LogP contribution in [0.15, 0.2) is 11.4 Å². The highest BCUT2D eigenvalue weighted by Gasteiger charge is 2.26. The summed E-state index contributed by atoms with van der Waals surface area (Å²) in [6, 6.07) is 2.06. The first-order valence-electron chi connectivity index (χ1n) is 7.78. The topological polar surface area (TPSA) is 58.6 Å². The van der Waals surface area contributed by atoms with Gasteiger partial charge in [-0.05, 0) is 56.8 Å². The van der Waals surface area contributed by atoms with Gasteiger partial charge < -0.3 is 10.1 Å². The van der Waals surface area contributed by atoms with Crippen molar-refractivity contribution in [3.63, 3.8) is 0 Å². The molecule has 1 amide bonds. The fraction of sp³-hybridized carbons (Fsp3) is 0.625. The fourth-order valence-corrected chi connectivity index (χ4v) is 3.46. The summed E-state index contributed by atoms with van der Waals surface area (Å²) < 4.78 is 5.05. The molecule has 5 nitrogen and oxygen atoms in total. The Bertz CT molecular complexity index is 507. The minimum atomic E-state index is -0.0974. The van der Waals surface area contributed by atoms with Crippen LogP contribution >= 0.6 is 11.3 Å². The fourth-order valence-electron chi connectivity index (χ4n) is 2.61. The first kappa shape index (κ1) is 17.0. The number of nitrogens with zero attached hydrogens (tertiary/aromatic N) is 1. The third-order valence-electron chi connectivity index (χ3n) is 3.99. The van der Waals surface area contributed by atoms with Gasteiger partial charge in [-0.25, -0.2) is 0 Å². The van der Waals surface area contributed by atoms with Crippen LogP contribution in [0.25, 0.3) is 0 Å². The molecule has 22 heavy (non-hydrogen) atoms. The Morgan fingerprint density at radius 2 is 2.14 bits per heavy atom. The Balaban J connectivity index is 1.68. The number of likely N-dealkylation sites (tertiary alicyclic amines) is 1. The number of hydrogen-bond acceptors (Lipinski definition) is 5. The highest BCUT2D eigenvalue weighted by atomic mass is 32.1. The maximum absolute atomic E-state index is 12.0. The molecule has 0 unspecified atom stereocenters. The molecule has 0 bridgehead atoms. The van der Waals surface area contributed by atoms with Gasteiger partial charge in [-0.2, -0.15) is 0 Å². The summed E-state index contributed by atoms with van der Waals surface area (Å²) in [4.78, 5) is 27.0. The summed E-state index contributed by atoms with van der Waals surface area (Å²) >= 11 is 1.67. The lowest BCUT2D eigenvalue weighted by Gasteiger charge is -2.30. The average Bonchev–Trinajstić information content (AvgIpc) is 2.91. The highest BCUT2D eigenvalue weighted by Crippen LogP contribution is 2.18. The van der Waals surface area contributed by atoms with Crippen LogP contribution in [0.2, 0.25) is 0 Å². The van der Waals surface area contributed by atoms with Gasteiger partial charge >= 0.3 is 5.97 Å². The average molecular weight is 324 g/mol. The largest absolute Gasteiger partial charge is 0.466 e. The lowest BCUT2D eigenvalue weighted by Crippen LogP contribution is -2.42. The highest BCUT2D eigenvalue weighted by molar-refractivity contribution is 7.10. The van der Waals surface area contributed by atoms with E-state index in [0.717, 1.165) is 25.9 Å². The molecule has 1 fully saturated rings. The van der Waals surface area contributed by atoms with Gasteiger partial charge in [0.25, 0.3) is 0 Å². The minimum Gasteiger partial charge on any atom is -0.466 e. The van der Waals surface area contributed by atoms with Gasteiger partial charge in [-0.1, -0.05) is 0 Å². The second kappa shape index (κ2) is 8.29. The first-order chi connectivity index (χ1) is 10.6. The van der Waals surface area contributed by atoms with E-state index in [0.29, 0.717) is 19.7 Å². The third kappa shape index (κ3) is 4.81. The minimum absolute atomic E-state index is 0.00645. The molecule has 1 N–H and O–H groups in total. The van der Waals surface area contributed by atoms with Gasteiger partial charge in [-0.3, -0.25) is 14.5 Å². The molecule has 0 saturated carbocycles.